The van der Waals surface area contributed by atoms with Crippen LogP contribution in [0.25, 0.3) is 0 Å². The van der Waals surface area contributed by atoms with Crippen molar-refractivity contribution in [3.63, 3.8) is 0 Å². The largest absolute Gasteiger partial charge is 0.497 e. The van der Waals surface area contributed by atoms with E-state index in [-0.39, 0.29) is 30.2 Å². The monoisotopic (exact) mass is 350 g/mol. The molecule has 0 bridgehead atoms. The summed E-state index contributed by atoms with van der Waals surface area (Å²) in [6.45, 7) is 2.01. The maximum absolute atomic E-state index is 12.6. The van der Waals surface area contributed by atoms with Gasteiger partial charge in [0.25, 0.3) is 0 Å². The van der Waals surface area contributed by atoms with Gasteiger partial charge in [-0.25, -0.2) is 0 Å². The van der Waals surface area contributed by atoms with Gasteiger partial charge in [0.2, 0.25) is 5.91 Å². The first-order chi connectivity index (χ1) is 11.2. The highest BCUT2D eigenvalue weighted by Crippen LogP contribution is 2.28. The summed E-state index contributed by atoms with van der Waals surface area (Å²) in [6, 6.07) is 7.74. The Kier molecular flexibility index (Phi) is 6.23. The molecule has 24 heavy (non-hydrogen) atoms. The average molecular weight is 351 g/mol. The fourth-order valence-corrected chi connectivity index (χ4v) is 3.04. The van der Waals surface area contributed by atoms with Gasteiger partial charge in [-0.2, -0.15) is 5.10 Å². The second kappa shape index (κ2) is 8.17. The van der Waals surface area contributed by atoms with E-state index in [0.717, 1.165) is 23.4 Å². The van der Waals surface area contributed by atoms with E-state index >= 15 is 0 Å². The molecule has 7 heteroatoms. The third-order valence-corrected chi connectivity index (χ3v) is 4.30. The average Bonchev–Trinajstić information content (AvgIpc) is 3.21. The quantitative estimate of drug-likeness (QED) is 0.857. The predicted molar refractivity (Wildman–Crippen MR) is 94.4 cm³/mol. The van der Waals surface area contributed by atoms with Gasteiger partial charge in [0.05, 0.1) is 19.2 Å². The van der Waals surface area contributed by atoms with E-state index in [4.69, 9.17) is 4.74 Å². The van der Waals surface area contributed by atoms with Crippen molar-refractivity contribution in [2.45, 2.75) is 12.5 Å². The van der Waals surface area contributed by atoms with Crippen molar-refractivity contribution in [1.29, 1.82) is 0 Å². The number of benzene rings is 1. The number of ether oxygens (including phenoxy) is 1. The topological polar surface area (TPSA) is 68.2 Å². The van der Waals surface area contributed by atoms with E-state index in [9.17, 15) is 4.79 Å². The van der Waals surface area contributed by atoms with Crippen LogP contribution < -0.4 is 15.4 Å². The fraction of sp³-hybridized carbons (Fsp3) is 0.412. The van der Waals surface area contributed by atoms with Gasteiger partial charge in [-0.05, 0) is 23.3 Å². The molecule has 0 unspecified atom stereocenters. The Labute approximate surface area is 148 Å². The number of hydrogen-bond donors (Lipinski definition) is 2. The highest BCUT2D eigenvalue weighted by atomic mass is 35.5. The Morgan fingerprint density at radius 1 is 1.46 bits per heavy atom. The predicted octanol–water partition coefficient (Wildman–Crippen LogP) is 1.47. The summed E-state index contributed by atoms with van der Waals surface area (Å²) in [4.78, 5) is 12.6. The van der Waals surface area contributed by atoms with Crippen molar-refractivity contribution in [2.24, 2.45) is 13.0 Å². The first kappa shape index (κ1) is 18.3. The van der Waals surface area contributed by atoms with Crippen molar-refractivity contribution in [1.82, 2.24) is 20.4 Å². The number of nitrogens with zero attached hydrogens (tertiary/aromatic N) is 2. The second-order valence-corrected chi connectivity index (χ2v) is 5.89. The Morgan fingerprint density at radius 2 is 2.29 bits per heavy atom. The third-order valence-electron chi connectivity index (χ3n) is 4.30. The molecular weight excluding hydrogens is 328 g/mol. The number of aromatic nitrogens is 2. The number of carbonyl (C=O) groups excluding carboxylic acids is 1. The van der Waals surface area contributed by atoms with Gasteiger partial charge < -0.3 is 15.4 Å². The summed E-state index contributed by atoms with van der Waals surface area (Å²) >= 11 is 0. The molecule has 3 rings (SSSR count). The van der Waals surface area contributed by atoms with Crippen LogP contribution >= 0.6 is 12.4 Å². The van der Waals surface area contributed by atoms with E-state index in [1.54, 1.807) is 11.8 Å². The molecule has 2 N–H and O–H groups in total. The van der Waals surface area contributed by atoms with Crippen LogP contribution in [0.15, 0.2) is 36.7 Å². The van der Waals surface area contributed by atoms with Crippen molar-refractivity contribution >= 4 is 18.3 Å². The summed E-state index contributed by atoms with van der Waals surface area (Å²) in [7, 11) is 3.53. The first-order valence-corrected chi connectivity index (χ1v) is 7.77. The lowest BCUT2D eigenvalue weighted by molar-refractivity contribution is -0.125. The first-order valence-electron chi connectivity index (χ1n) is 7.77. The van der Waals surface area contributed by atoms with Crippen molar-refractivity contribution in [3.05, 3.63) is 47.8 Å². The lowest BCUT2D eigenvalue weighted by Crippen LogP contribution is -2.33. The fourth-order valence-electron chi connectivity index (χ4n) is 3.04. The van der Waals surface area contributed by atoms with Gasteiger partial charge in [0, 0.05) is 38.8 Å². The zero-order chi connectivity index (χ0) is 16.2. The van der Waals surface area contributed by atoms with Crippen molar-refractivity contribution in [3.8, 4) is 5.75 Å². The molecule has 6 nitrogen and oxygen atoms in total. The SMILES string of the molecule is COc1cccc(CNC(=O)[C@H]2CNC[C@@H]2c2cnn(C)c2)c1.Cl. The van der Waals surface area contributed by atoms with Gasteiger partial charge >= 0.3 is 0 Å². The Balaban J connectivity index is 0.00000208. The van der Waals surface area contributed by atoms with E-state index in [1.807, 2.05) is 43.7 Å². The normalized spacial score (nSPS) is 19.6. The number of hydrogen-bond acceptors (Lipinski definition) is 4. The zero-order valence-corrected chi connectivity index (χ0v) is 14.7. The minimum atomic E-state index is -0.0650. The molecule has 2 heterocycles. The zero-order valence-electron chi connectivity index (χ0n) is 13.9. The number of methoxy groups -OCH3 is 1. The van der Waals surface area contributed by atoms with Crippen LogP contribution in [0.3, 0.4) is 0 Å². The molecule has 0 spiro atoms. The summed E-state index contributed by atoms with van der Waals surface area (Å²) in [5.41, 5.74) is 2.14. The van der Waals surface area contributed by atoms with Gasteiger partial charge in [0.1, 0.15) is 5.75 Å². The Morgan fingerprint density at radius 3 is 3.00 bits per heavy atom. The standard InChI is InChI=1S/C17H22N4O2.ClH/c1-21-11-13(8-20-21)15-9-18-10-16(15)17(22)19-7-12-4-3-5-14(6-12)23-2;/h3-6,8,11,15-16,18H,7,9-10H2,1-2H3,(H,19,22);1H/t15-,16+;/m1./s1. The van der Waals surface area contributed by atoms with Crippen LogP contribution in [-0.2, 0) is 18.4 Å². The summed E-state index contributed by atoms with van der Waals surface area (Å²) in [5, 5.41) is 10.6. The van der Waals surface area contributed by atoms with Crippen LogP contribution in [0.4, 0.5) is 0 Å². The highest BCUT2D eigenvalue weighted by molar-refractivity contribution is 5.85. The number of carbonyl (C=O) groups is 1. The molecule has 1 aliphatic rings. The molecular formula is C17H23ClN4O2. The second-order valence-electron chi connectivity index (χ2n) is 5.89. The van der Waals surface area contributed by atoms with Gasteiger partial charge in [-0.15, -0.1) is 12.4 Å². The minimum Gasteiger partial charge on any atom is -0.497 e. The summed E-state index contributed by atoms with van der Waals surface area (Å²) in [6.07, 6.45) is 3.83. The van der Waals surface area contributed by atoms with E-state index in [2.05, 4.69) is 15.7 Å². The van der Waals surface area contributed by atoms with Gasteiger partial charge in [-0.3, -0.25) is 9.48 Å². The molecule has 1 aliphatic heterocycles. The number of rotatable bonds is 5. The lowest BCUT2D eigenvalue weighted by Gasteiger charge is -2.17. The molecule has 0 saturated carbocycles. The van der Waals surface area contributed by atoms with Crippen molar-refractivity contribution < 1.29 is 9.53 Å². The van der Waals surface area contributed by atoms with E-state index in [1.165, 1.54) is 0 Å². The van der Waals surface area contributed by atoms with E-state index < -0.39 is 0 Å². The number of amides is 1. The van der Waals surface area contributed by atoms with Crippen LogP contribution in [0.2, 0.25) is 0 Å². The highest BCUT2D eigenvalue weighted by Gasteiger charge is 2.34. The van der Waals surface area contributed by atoms with Crippen LogP contribution in [0.1, 0.15) is 17.0 Å². The van der Waals surface area contributed by atoms with Crippen LogP contribution in [-0.4, -0.2) is 35.9 Å². The molecule has 130 valence electrons. The third kappa shape index (κ3) is 4.07. The molecule has 2 aromatic rings. The lowest BCUT2D eigenvalue weighted by atomic mass is 9.90. The van der Waals surface area contributed by atoms with Crippen LogP contribution in [0, 0.1) is 5.92 Å². The molecule has 1 fully saturated rings. The molecule has 0 radical (unpaired) electrons. The van der Waals surface area contributed by atoms with Crippen molar-refractivity contribution in [2.75, 3.05) is 20.2 Å². The smallest absolute Gasteiger partial charge is 0.225 e. The molecule has 2 atom stereocenters. The molecule has 1 saturated heterocycles. The Bertz CT molecular complexity index is 689. The summed E-state index contributed by atoms with van der Waals surface area (Å²) in [5.74, 6) is 0.984. The maximum Gasteiger partial charge on any atom is 0.225 e. The molecule has 1 amide bonds. The molecule has 0 aliphatic carbocycles. The van der Waals surface area contributed by atoms with Gasteiger partial charge in [-0.1, -0.05) is 12.1 Å². The minimum absolute atomic E-state index is 0. The molecule has 1 aromatic carbocycles. The number of halogens is 1. The Hall–Kier alpha value is -2.05. The van der Waals surface area contributed by atoms with Crippen LogP contribution in [0.5, 0.6) is 5.75 Å². The number of aryl methyl sites for hydroxylation is 1. The number of nitrogens with one attached hydrogen (secondary N) is 2. The molecule has 1 aromatic heterocycles. The maximum atomic E-state index is 12.6. The van der Waals surface area contributed by atoms with E-state index in [0.29, 0.717) is 13.1 Å². The summed E-state index contributed by atoms with van der Waals surface area (Å²) < 4.78 is 6.98. The van der Waals surface area contributed by atoms with Gasteiger partial charge in [0.15, 0.2) is 0 Å².